The van der Waals surface area contributed by atoms with Gasteiger partial charge in [0, 0.05) is 22.2 Å². The molecule has 0 aliphatic carbocycles. The SMILES string of the molecule is C=C(C(=O)Nc1ccc2c(c1)S(O)(O)C=C2)c1cccc(Cl)c1Cl. The lowest BCUT2D eigenvalue weighted by Crippen LogP contribution is -2.13. The highest BCUT2D eigenvalue weighted by molar-refractivity contribution is 8.27. The van der Waals surface area contributed by atoms with Crippen LogP contribution in [0, 0.1) is 0 Å². The van der Waals surface area contributed by atoms with Crippen LogP contribution in [0.15, 0.2) is 53.3 Å². The maximum Gasteiger partial charge on any atom is 0.255 e. The van der Waals surface area contributed by atoms with Crippen LogP contribution in [0.25, 0.3) is 11.6 Å². The molecular weight excluding hydrogens is 369 g/mol. The van der Waals surface area contributed by atoms with Crippen molar-refractivity contribution in [2.24, 2.45) is 0 Å². The fraction of sp³-hybridized carbons (Fsp3) is 0. The first kappa shape index (κ1) is 17.1. The van der Waals surface area contributed by atoms with Gasteiger partial charge < -0.3 is 5.32 Å². The van der Waals surface area contributed by atoms with Gasteiger partial charge in [0.1, 0.15) is 0 Å². The first-order valence-corrected chi connectivity index (χ1v) is 9.21. The molecule has 1 aliphatic heterocycles. The van der Waals surface area contributed by atoms with E-state index in [0.29, 0.717) is 26.7 Å². The summed E-state index contributed by atoms with van der Waals surface area (Å²) < 4.78 is 19.9. The lowest BCUT2D eigenvalue weighted by molar-refractivity contribution is -0.111. The van der Waals surface area contributed by atoms with Crippen LogP contribution >= 0.6 is 33.8 Å². The van der Waals surface area contributed by atoms with Crippen molar-refractivity contribution in [2.45, 2.75) is 4.90 Å². The zero-order valence-corrected chi connectivity index (χ0v) is 14.6. The molecule has 3 N–H and O–H groups in total. The molecule has 4 nitrogen and oxygen atoms in total. The number of nitrogens with one attached hydrogen (secondary N) is 1. The molecular formula is C17H13Cl2NO3S. The van der Waals surface area contributed by atoms with Crippen LogP contribution in [-0.2, 0) is 4.79 Å². The summed E-state index contributed by atoms with van der Waals surface area (Å²) in [7, 11) is -2.94. The van der Waals surface area contributed by atoms with Crippen molar-refractivity contribution >= 4 is 57.0 Å². The molecule has 2 aromatic rings. The van der Waals surface area contributed by atoms with Crippen molar-refractivity contribution in [3.8, 4) is 0 Å². The van der Waals surface area contributed by atoms with Crippen LogP contribution in [0.1, 0.15) is 11.1 Å². The summed E-state index contributed by atoms with van der Waals surface area (Å²) >= 11 is 12.1. The summed E-state index contributed by atoms with van der Waals surface area (Å²) in [6.07, 6.45) is 1.64. The predicted molar refractivity (Wildman–Crippen MR) is 101 cm³/mol. The molecule has 24 heavy (non-hydrogen) atoms. The van der Waals surface area contributed by atoms with Crippen LogP contribution in [0.3, 0.4) is 0 Å². The van der Waals surface area contributed by atoms with Crippen LogP contribution in [-0.4, -0.2) is 15.0 Å². The summed E-state index contributed by atoms with van der Waals surface area (Å²) in [6, 6.07) is 9.87. The number of amides is 1. The van der Waals surface area contributed by atoms with E-state index in [1.807, 2.05) is 0 Å². The average molecular weight is 382 g/mol. The minimum Gasteiger partial charge on any atom is -0.322 e. The molecule has 0 aromatic heterocycles. The first-order valence-electron chi connectivity index (χ1n) is 6.84. The fourth-order valence-corrected chi connectivity index (χ4v) is 4.00. The summed E-state index contributed by atoms with van der Waals surface area (Å²) in [5.74, 6) is -0.457. The Bertz CT molecular complexity index is 893. The molecule has 0 fully saturated rings. The molecule has 2 aromatic carbocycles. The second kappa shape index (κ2) is 6.27. The van der Waals surface area contributed by atoms with Gasteiger partial charge >= 0.3 is 0 Å². The average Bonchev–Trinajstić information content (AvgIpc) is 2.84. The largest absolute Gasteiger partial charge is 0.322 e. The Balaban J connectivity index is 1.83. The van der Waals surface area contributed by atoms with Crippen molar-refractivity contribution < 1.29 is 13.9 Å². The van der Waals surface area contributed by atoms with Gasteiger partial charge in [0.25, 0.3) is 5.91 Å². The number of fused-ring (bicyclic) bond motifs is 1. The second-order valence-corrected chi connectivity index (χ2v) is 7.87. The highest BCUT2D eigenvalue weighted by Crippen LogP contribution is 2.56. The van der Waals surface area contributed by atoms with Gasteiger partial charge in [0.05, 0.1) is 14.9 Å². The molecule has 0 unspecified atom stereocenters. The van der Waals surface area contributed by atoms with Crippen molar-refractivity contribution in [3.05, 3.63) is 69.6 Å². The molecule has 124 valence electrons. The number of carbonyl (C=O) groups is 1. The van der Waals surface area contributed by atoms with Crippen molar-refractivity contribution in [3.63, 3.8) is 0 Å². The molecule has 0 spiro atoms. The third-order valence-corrected chi connectivity index (χ3v) is 5.92. The van der Waals surface area contributed by atoms with E-state index in [4.69, 9.17) is 23.2 Å². The number of hydrogen-bond acceptors (Lipinski definition) is 3. The lowest BCUT2D eigenvalue weighted by atomic mass is 10.1. The number of benzene rings is 2. The fourth-order valence-electron chi connectivity index (χ4n) is 2.32. The molecule has 0 saturated heterocycles. The molecule has 1 heterocycles. The first-order chi connectivity index (χ1) is 11.3. The minimum atomic E-state index is -2.94. The van der Waals surface area contributed by atoms with E-state index in [1.165, 1.54) is 11.5 Å². The molecule has 3 rings (SSSR count). The smallest absolute Gasteiger partial charge is 0.255 e. The maximum absolute atomic E-state index is 12.4. The second-order valence-electron chi connectivity index (χ2n) is 5.18. The molecule has 1 amide bonds. The topological polar surface area (TPSA) is 69.6 Å². The summed E-state index contributed by atoms with van der Waals surface area (Å²) in [6.45, 7) is 3.76. The van der Waals surface area contributed by atoms with Crippen molar-refractivity contribution in [1.29, 1.82) is 0 Å². The maximum atomic E-state index is 12.4. The Labute approximate surface area is 150 Å². The highest BCUT2D eigenvalue weighted by Gasteiger charge is 2.22. The van der Waals surface area contributed by atoms with Crippen LogP contribution in [0.2, 0.25) is 10.0 Å². The Kier molecular flexibility index (Phi) is 4.46. The van der Waals surface area contributed by atoms with E-state index in [-0.39, 0.29) is 10.6 Å². The van der Waals surface area contributed by atoms with E-state index in [0.717, 1.165) is 0 Å². The van der Waals surface area contributed by atoms with Crippen LogP contribution < -0.4 is 5.32 Å². The molecule has 0 radical (unpaired) electrons. The molecule has 0 atom stereocenters. The molecule has 0 bridgehead atoms. The minimum absolute atomic E-state index is 0.160. The quantitative estimate of drug-likeness (QED) is 0.593. The highest BCUT2D eigenvalue weighted by atomic mass is 35.5. The number of carbonyl (C=O) groups excluding carboxylic acids is 1. The molecule has 1 aliphatic rings. The van der Waals surface area contributed by atoms with Gasteiger partial charge in [-0.05, 0) is 29.8 Å². The van der Waals surface area contributed by atoms with Crippen molar-refractivity contribution in [2.75, 3.05) is 5.32 Å². The Morgan fingerprint density at radius 1 is 1.17 bits per heavy atom. The van der Waals surface area contributed by atoms with E-state index in [1.54, 1.807) is 36.4 Å². The van der Waals surface area contributed by atoms with Crippen LogP contribution in [0.5, 0.6) is 0 Å². The van der Waals surface area contributed by atoms with Crippen molar-refractivity contribution in [1.82, 2.24) is 0 Å². The third-order valence-electron chi connectivity index (χ3n) is 3.58. The number of hydrogen-bond donors (Lipinski definition) is 3. The zero-order valence-electron chi connectivity index (χ0n) is 12.3. The normalized spacial score (nSPS) is 15.7. The number of rotatable bonds is 3. The zero-order chi connectivity index (χ0) is 17.5. The predicted octanol–water partition coefficient (Wildman–Crippen LogP) is 5.74. The summed E-state index contributed by atoms with van der Waals surface area (Å²) in [5, 5.41) is 4.62. The van der Waals surface area contributed by atoms with Gasteiger partial charge in [0.15, 0.2) is 0 Å². The lowest BCUT2D eigenvalue weighted by Gasteiger charge is -2.25. The van der Waals surface area contributed by atoms with Crippen LogP contribution in [0.4, 0.5) is 5.69 Å². The number of anilines is 1. The van der Waals surface area contributed by atoms with Gasteiger partial charge in [-0.25, -0.2) is 0 Å². The Morgan fingerprint density at radius 3 is 2.67 bits per heavy atom. The van der Waals surface area contributed by atoms with Gasteiger partial charge in [-0.1, -0.05) is 48.0 Å². The van der Waals surface area contributed by atoms with E-state index in [9.17, 15) is 13.9 Å². The molecule has 7 heteroatoms. The third kappa shape index (κ3) is 3.09. The van der Waals surface area contributed by atoms with E-state index >= 15 is 0 Å². The standard InChI is InChI=1S/C17H13Cl2NO3S/c1-10(13-3-2-4-14(18)16(13)19)17(21)20-12-6-5-11-7-8-24(22,23)15(11)9-12/h2-9,22-23H,1H2,(H,20,21). The van der Waals surface area contributed by atoms with Gasteiger partial charge in [-0.3, -0.25) is 13.9 Å². The summed E-state index contributed by atoms with van der Waals surface area (Å²) in [4.78, 5) is 12.8. The van der Waals surface area contributed by atoms with E-state index in [2.05, 4.69) is 11.9 Å². The Hall–Kier alpha value is -1.76. The summed E-state index contributed by atoms with van der Waals surface area (Å²) in [5.41, 5.74) is 1.74. The van der Waals surface area contributed by atoms with Gasteiger partial charge in [0.2, 0.25) is 0 Å². The van der Waals surface area contributed by atoms with Gasteiger partial charge in [-0.15, -0.1) is 10.6 Å². The molecule has 0 saturated carbocycles. The van der Waals surface area contributed by atoms with Gasteiger partial charge in [-0.2, -0.15) is 0 Å². The Morgan fingerprint density at radius 2 is 1.92 bits per heavy atom. The van der Waals surface area contributed by atoms with E-state index < -0.39 is 16.5 Å². The number of halogens is 2. The monoisotopic (exact) mass is 381 g/mol.